The van der Waals surface area contributed by atoms with Crippen molar-refractivity contribution in [3.05, 3.63) is 34.3 Å². The van der Waals surface area contributed by atoms with E-state index < -0.39 is 0 Å². The third kappa shape index (κ3) is 3.00. The third-order valence-corrected chi connectivity index (χ3v) is 3.63. The highest BCUT2D eigenvalue weighted by Gasteiger charge is 2.12. The summed E-state index contributed by atoms with van der Waals surface area (Å²) in [6, 6.07) is 5.46. The summed E-state index contributed by atoms with van der Waals surface area (Å²) in [5.41, 5.74) is 3.84. The number of carbonyl (C=O) groups is 1. The Morgan fingerprint density at radius 3 is 2.95 bits per heavy atom. The average Bonchev–Trinajstić information content (AvgIpc) is 2.93. The predicted molar refractivity (Wildman–Crippen MR) is 77.1 cm³/mol. The van der Waals surface area contributed by atoms with Crippen molar-refractivity contribution in [2.45, 2.75) is 6.92 Å². The summed E-state index contributed by atoms with van der Waals surface area (Å²) in [6.07, 6.45) is 1.54. The van der Waals surface area contributed by atoms with Gasteiger partial charge in [-0.1, -0.05) is 4.49 Å². The van der Waals surface area contributed by atoms with E-state index in [9.17, 15) is 4.79 Å². The largest absolute Gasteiger partial charge is 0.486 e. The number of hydrogen-bond donors (Lipinski definition) is 1. The van der Waals surface area contributed by atoms with Crippen molar-refractivity contribution in [2.24, 2.45) is 5.10 Å². The van der Waals surface area contributed by atoms with Gasteiger partial charge in [-0.05, 0) is 42.2 Å². The van der Waals surface area contributed by atoms with Crippen LogP contribution >= 0.6 is 11.5 Å². The fourth-order valence-electron chi connectivity index (χ4n) is 1.80. The van der Waals surface area contributed by atoms with E-state index in [-0.39, 0.29) is 5.91 Å². The van der Waals surface area contributed by atoms with Crippen LogP contribution in [-0.4, -0.2) is 34.9 Å². The van der Waals surface area contributed by atoms with E-state index in [1.165, 1.54) is 0 Å². The van der Waals surface area contributed by atoms with E-state index in [0.717, 1.165) is 17.1 Å². The first kappa shape index (κ1) is 13.5. The van der Waals surface area contributed by atoms with E-state index in [2.05, 4.69) is 20.1 Å². The highest BCUT2D eigenvalue weighted by Crippen LogP contribution is 2.30. The molecule has 1 aromatic carbocycles. The van der Waals surface area contributed by atoms with Gasteiger partial charge >= 0.3 is 0 Å². The van der Waals surface area contributed by atoms with Crippen LogP contribution in [-0.2, 0) is 0 Å². The van der Waals surface area contributed by atoms with E-state index in [1.807, 2.05) is 18.2 Å². The molecule has 0 saturated heterocycles. The third-order valence-electron chi connectivity index (χ3n) is 2.80. The average molecular weight is 304 g/mol. The topological polar surface area (TPSA) is 85.7 Å². The minimum atomic E-state index is -0.323. The normalized spacial score (nSPS) is 13.4. The fourth-order valence-corrected chi connectivity index (χ4v) is 2.34. The Hall–Kier alpha value is -2.48. The van der Waals surface area contributed by atoms with Gasteiger partial charge in [0.25, 0.3) is 5.91 Å². The molecule has 21 heavy (non-hydrogen) atoms. The zero-order valence-corrected chi connectivity index (χ0v) is 12.0. The minimum Gasteiger partial charge on any atom is -0.486 e. The number of aryl methyl sites for hydroxylation is 1. The smallest absolute Gasteiger partial charge is 0.285 e. The Labute approximate surface area is 124 Å². The van der Waals surface area contributed by atoms with Gasteiger partial charge in [0.15, 0.2) is 11.5 Å². The van der Waals surface area contributed by atoms with Crippen LogP contribution in [0.25, 0.3) is 0 Å². The first-order chi connectivity index (χ1) is 10.2. The number of amides is 1. The van der Waals surface area contributed by atoms with Gasteiger partial charge in [-0.3, -0.25) is 4.79 Å². The highest BCUT2D eigenvalue weighted by molar-refractivity contribution is 7.07. The van der Waals surface area contributed by atoms with Crippen molar-refractivity contribution >= 4 is 23.7 Å². The zero-order valence-electron chi connectivity index (χ0n) is 11.2. The predicted octanol–water partition coefficient (Wildman–Crippen LogP) is 1.38. The lowest BCUT2D eigenvalue weighted by molar-refractivity contribution is 0.0958. The SMILES string of the molecule is Cc1nnsc1C(=O)N/N=C/c1ccc2c(c1)OCCO2. The van der Waals surface area contributed by atoms with Gasteiger partial charge in [-0.2, -0.15) is 5.10 Å². The first-order valence-corrected chi connectivity index (χ1v) is 7.03. The Kier molecular flexibility index (Phi) is 3.78. The molecular formula is C13H12N4O3S. The number of ether oxygens (including phenoxy) is 2. The fraction of sp³-hybridized carbons (Fsp3) is 0.231. The maximum absolute atomic E-state index is 11.8. The Balaban J connectivity index is 1.66. The molecule has 0 saturated carbocycles. The molecule has 2 heterocycles. The van der Waals surface area contributed by atoms with Gasteiger partial charge < -0.3 is 9.47 Å². The summed E-state index contributed by atoms with van der Waals surface area (Å²) in [4.78, 5) is 12.3. The molecule has 2 aromatic rings. The van der Waals surface area contributed by atoms with Gasteiger partial charge in [-0.25, -0.2) is 5.43 Å². The standard InChI is InChI=1S/C13H12N4O3S/c1-8-12(21-17-15-8)13(18)16-14-7-9-2-3-10-11(6-9)20-5-4-19-10/h2-3,6-7H,4-5H2,1H3,(H,16,18)/b14-7+. The van der Waals surface area contributed by atoms with Gasteiger partial charge in [0.2, 0.25) is 0 Å². The Bertz CT molecular complexity index is 698. The molecule has 108 valence electrons. The number of hydrogen-bond acceptors (Lipinski definition) is 7. The van der Waals surface area contributed by atoms with Gasteiger partial charge in [0.1, 0.15) is 18.1 Å². The molecule has 3 rings (SSSR count). The van der Waals surface area contributed by atoms with Crippen LogP contribution in [0.5, 0.6) is 11.5 Å². The number of benzene rings is 1. The van der Waals surface area contributed by atoms with Gasteiger partial charge in [0.05, 0.1) is 11.9 Å². The molecule has 1 aromatic heterocycles. The first-order valence-electron chi connectivity index (χ1n) is 6.26. The monoisotopic (exact) mass is 304 g/mol. The van der Waals surface area contributed by atoms with E-state index in [0.29, 0.717) is 35.3 Å². The molecule has 0 radical (unpaired) electrons. The highest BCUT2D eigenvalue weighted by atomic mass is 32.1. The van der Waals surface area contributed by atoms with Crippen LogP contribution in [0.2, 0.25) is 0 Å². The maximum atomic E-state index is 11.8. The Morgan fingerprint density at radius 1 is 1.38 bits per heavy atom. The van der Waals surface area contributed by atoms with Crippen LogP contribution in [0.3, 0.4) is 0 Å². The second-order valence-electron chi connectivity index (χ2n) is 4.29. The molecule has 1 aliphatic heterocycles. The van der Waals surface area contributed by atoms with E-state index >= 15 is 0 Å². The molecule has 0 fully saturated rings. The van der Waals surface area contributed by atoms with Crippen molar-refractivity contribution in [3.63, 3.8) is 0 Å². The molecule has 0 unspecified atom stereocenters. The zero-order chi connectivity index (χ0) is 14.7. The number of rotatable bonds is 3. The lowest BCUT2D eigenvalue weighted by atomic mass is 10.2. The van der Waals surface area contributed by atoms with E-state index in [4.69, 9.17) is 9.47 Å². The molecule has 0 atom stereocenters. The summed E-state index contributed by atoms with van der Waals surface area (Å²) in [5.74, 6) is 1.07. The number of nitrogens with zero attached hydrogens (tertiary/aromatic N) is 3. The van der Waals surface area contributed by atoms with Gasteiger partial charge in [0, 0.05) is 0 Å². The Morgan fingerprint density at radius 2 is 2.19 bits per heavy atom. The maximum Gasteiger partial charge on any atom is 0.285 e. The van der Waals surface area contributed by atoms with Crippen LogP contribution in [0.1, 0.15) is 20.9 Å². The molecule has 0 spiro atoms. The van der Waals surface area contributed by atoms with Crippen molar-refractivity contribution in [2.75, 3.05) is 13.2 Å². The van der Waals surface area contributed by atoms with Crippen molar-refractivity contribution in [1.29, 1.82) is 0 Å². The van der Waals surface area contributed by atoms with Gasteiger partial charge in [-0.15, -0.1) is 5.10 Å². The molecule has 1 aliphatic rings. The summed E-state index contributed by atoms with van der Waals surface area (Å²) in [7, 11) is 0. The van der Waals surface area contributed by atoms with Crippen molar-refractivity contribution in [1.82, 2.24) is 15.0 Å². The number of aromatic nitrogens is 2. The van der Waals surface area contributed by atoms with Crippen molar-refractivity contribution in [3.8, 4) is 11.5 Å². The molecule has 7 nitrogen and oxygen atoms in total. The number of hydrazone groups is 1. The summed E-state index contributed by atoms with van der Waals surface area (Å²) < 4.78 is 14.6. The van der Waals surface area contributed by atoms with Crippen molar-refractivity contribution < 1.29 is 14.3 Å². The van der Waals surface area contributed by atoms with Crippen LogP contribution in [0, 0.1) is 6.92 Å². The quantitative estimate of drug-likeness (QED) is 0.684. The minimum absolute atomic E-state index is 0.323. The molecule has 1 amide bonds. The molecule has 1 N–H and O–H groups in total. The molecule has 0 aliphatic carbocycles. The van der Waals surface area contributed by atoms with Crippen LogP contribution in [0.4, 0.5) is 0 Å². The lowest BCUT2D eigenvalue weighted by Gasteiger charge is -2.18. The van der Waals surface area contributed by atoms with Crippen LogP contribution in [0.15, 0.2) is 23.3 Å². The van der Waals surface area contributed by atoms with E-state index in [1.54, 1.807) is 13.1 Å². The molecule has 8 heteroatoms. The number of fused-ring (bicyclic) bond motifs is 1. The second kappa shape index (κ2) is 5.88. The molecular weight excluding hydrogens is 292 g/mol. The second-order valence-corrected chi connectivity index (χ2v) is 5.04. The number of carbonyl (C=O) groups excluding carboxylic acids is 1. The van der Waals surface area contributed by atoms with Crippen LogP contribution < -0.4 is 14.9 Å². The summed E-state index contributed by atoms with van der Waals surface area (Å²) >= 11 is 1.04. The summed E-state index contributed by atoms with van der Waals surface area (Å²) in [6.45, 7) is 2.81. The lowest BCUT2D eigenvalue weighted by Crippen LogP contribution is -2.17. The number of nitrogens with one attached hydrogen (secondary N) is 1. The summed E-state index contributed by atoms with van der Waals surface area (Å²) in [5, 5.41) is 7.70. The molecule has 0 bridgehead atoms.